The van der Waals surface area contributed by atoms with E-state index < -0.39 is 12.1 Å². The summed E-state index contributed by atoms with van der Waals surface area (Å²) in [5.74, 6) is -0.410. The van der Waals surface area contributed by atoms with Crippen molar-refractivity contribution < 1.29 is 19.8 Å². The molecule has 0 bridgehead atoms. The lowest BCUT2D eigenvalue weighted by Gasteiger charge is -2.25. The van der Waals surface area contributed by atoms with Crippen LogP contribution in [0, 0.1) is 17.3 Å². The molecule has 1 fully saturated rings. The molecular weight excluding hydrogens is 412 g/mol. The van der Waals surface area contributed by atoms with Crippen LogP contribution in [0.25, 0.3) is 0 Å². The monoisotopic (exact) mass is 450 g/mol. The molecule has 2 aromatic carbocycles. The smallest absolute Gasteiger partial charge is 0.303 e. The SMILES string of the molecule is CCCC(O)c1cccc(CC2C(=O)C(C(C)(C)C)C[C@@H]2c2ccc(CCC(=O)O)cc2)c1. The Morgan fingerprint density at radius 3 is 2.39 bits per heavy atom. The molecule has 4 nitrogen and oxygen atoms in total. The first-order valence-electron chi connectivity index (χ1n) is 12.2. The van der Waals surface area contributed by atoms with Gasteiger partial charge in [0.1, 0.15) is 5.78 Å². The van der Waals surface area contributed by atoms with Crippen molar-refractivity contribution in [3.8, 4) is 0 Å². The number of carboxylic acids is 1. The Kier molecular flexibility index (Phi) is 8.12. The summed E-state index contributed by atoms with van der Waals surface area (Å²) in [5, 5.41) is 19.4. The molecule has 4 atom stereocenters. The standard InChI is InChI=1S/C29H38O4/c1-5-7-26(30)22-9-6-8-20(16-22)17-24-23(18-25(28(24)33)29(2,3)4)21-13-10-19(11-14-21)12-15-27(31)32/h6,8-11,13-14,16,23-26,30H,5,7,12,15,17-18H2,1-4H3,(H,31,32)/t23-,24?,25?,26?/m1/s1. The predicted molar refractivity (Wildman–Crippen MR) is 131 cm³/mol. The highest BCUT2D eigenvalue weighted by Gasteiger charge is 2.47. The van der Waals surface area contributed by atoms with Crippen molar-refractivity contribution >= 4 is 11.8 Å². The number of aliphatic carboxylic acids is 1. The van der Waals surface area contributed by atoms with Crippen molar-refractivity contribution in [2.24, 2.45) is 17.3 Å². The van der Waals surface area contributed by atoms with E-state index in [0.717, 1.165) is 41.5 Å². The second-order valence-corrected chi connectivity index (χ2v) is 10.7. The molecule has 0 saturated heterocycles. The van der Waals surface area contributed by atoms with Crippen molar-refractivity contribution in [3.05, 3.63) is 70.8 Å². The Labute approximate surface area is 198 Å². The molecule has 0 radical (unpaired) electrons. The van der Waals surface area contributed by atoms with Crippen molar-refractivity contribution in [3.63, 3.8) is 0 Å². The van der Waals surface area contributed by atoms with Gasteiger partial charge in [0.2, 0.25) is 0 Å². The van der Waals surface area contributed by atoms with Crippen molar-refractivity contribution in [2.75, 3.05) is 0 Å². The molecule has 2 N–H and O–H groups in total. The van der Waals surface area contributed by atoms with Crippen LogP contribution in [0.3, 0.4) is 0 Å². The maximum absolute atomic E-state index is 13.6. The van der Waals surface area contributed by atoms with Crippen molar-refractivity contribution in [1.82, 2.24) is 0 Å². The van der Waals surface area contributed by atoms with E-state index in [-0.39, 0.29) is 29.6 Å². The number of aryl methyl sites for hydroxylation is 1. The zero-order valence-corrected chi connectivity index (χ0v) is 20.4. The van der Waals surface area contributed by atoms with E-state index in [2.05, 4.69) is 52.0 Å². The minimum Gasteiger partial charge on any atom is -0.481 e. The fourth-order valence-corrected chi connectivity index (χ4v) is 5.19. The first kappa shape index (κ1) is 25.2. The summed E-state index contributed by atoms with van der Waals surface area (Å²) in [7, 11) is 0. The van der Waals surface area contributed by atoms with Gasteiger partial charge in [-0.3, -0.25) is 9.59 Å². The molecule has 3 rings (SSSR count). The molecule has 0 spiro atoms. The van der Waals surface area contributed by atoms with E-state index in [0.29, 0.717) is 18.6 Å². The largest absolute Gasteiger partial charge is 0.481 e. The third-order valence-corrected chi connectivity index (χ3v) is 7.12. The van der Waals surface area contributed by atoms with E-state index in [4.69, 9.17) is 5.11 Å². The lowest BCUT2D eigenvalue weighted by Crippen LogP contribution is -2.27. The summed E-state index contributed by atoms with van der Waals surface area (Å²) in [5.41, 5.74) is 4.09. The van der Waals surface area contributed by atoms with Gasteiger partial charge >= 0.3 is 5.97 Å². The maximum atomic E-state index is 13.6. The average molecular weight is 451 g/mol. The molecule has 1 saturated carbocycles. The fraction of sp³-hybridized carbons (Fsp3) is 0.517. The predicted octanol–water partition coefficient (Wildman–Crippen LogP) is 6.11. The number of rotatable bonds is 9. The minimum absolute atomic E-state index is 0.00745. The molecule has 1 aliphatic rings. The number of carboxylic acid groups (broad SMARTS) is 1. The lowest BCUT2D eigenvalue weighted by molar-refractivity contribution is -0.137. The highest BCUT2D eigenvalue weighted by atomic mass is 16.4. The second kappa shape index (κ2) is 10.6. The van der Waals surface area contributed by atoms with E-state index in [1.165, 1.54) is 0 Å². The molecule has 178 valence electrons. The number of hydrogen-bond acceptors (Lipinski definition) is 3. The van der Waals surface area contributed by atoms with Crippen LogP contribution in [0.5, 0.6) is 0 Å². The Morgan fingerprint density at radius 2 is 1.79 bits per heavy atom. The quantitative estimate of drug-likeness (QED) is 0.483. The van der Waals surface area contributed by atoms with Gasteiger partial charge in [-0.25, -0.2) is 0 Å². The minimum atomic E-state index is -0.792. The van der Waals surface area contributed by atoms with E-state index in [9.17, 15) is 14.7 Å². The zero-order valence-electron chi connectivity index (χ0n) is 20.4. The first-order valence-corrected chi connectivity index (χ1v) is 12.2. The van der Waals surface area contributed by atoms with Gasteiger partial charge in [-0.15, -0.1) is 0 Å². The molecule has 0 amide bonds. The molecule has 3 unspecified atom stereocenters. The molecular formula is C29H38O4. The molecule has 0 aromatic heterocycles. The summed E-state index contributed by atoms with van der Waals surface area (Å²) in [6, 6.07) is 16.2. The fourth-order valence-electron chi connectivity index (χ4n) is 5.19. The molecule has 4 heteroatoms. The first-order chi connectivity index (χ1) is 15.6. The molecule has 1 aliphatic carbocycles. The third-order valence-electron chi connectivity index (χ3n) is 7.12. The Bertz CT molecular complexity index is 954. The van der Waals surface area contributed by atoms with Gasteiger partial charge in [0.05, 0.1) is 6.10 Å². The number of carbonyl (C=O) groups excluding carboxylic acids is 1. The van der Waals surface area contributed by atoms with Crippen LogP contribution in [0.1, 0.15) is 87.7 Å². The summed E-state index contributed by atoms with van der Waals surface area (Å²) >= 11 is 0. The zero-order chi connectivity index (χ0) is 24.2. The van der Waals surface area contributed by atoms with Gasteiger partial charge in [0.15, 0.2) is 0 Å². The normalized spacial score (nSPS) is 21.8. The van der Waals surface area contributed by atoms with Crippen LogP contribution in [-0.2, 0) is 22.4 Å². The topological polar surface area (TPSA) is 74.6 Å². The van der Waals surface area contributed by atoms with E-state index >= 15 is 0 Å². The Hall–Kier alpha value is -2.46. The number of aliphatic hydroxyl groups is 1. The molecule has 2 aromatic rings. The lowest BCUT2D eigenvalue weighted by atomic mass is 9.78. The summed E-state index contributed by atoms with van der Waals surface area (Å²) in [6.07, 6.45) is 3.32. The molecule has 0 heterocycles. The van der Waals surface area contributed by atoms with Crippen molar-refractivity contribution in [1.29, 1.82) is 0 Å². The van der Waals surface area contributed by atoms with Crippen LogP contribution in [0.4, 0.5) is 0 Å². The number of carbonyl (C=O) groups is 2. The van der Waals surface area contributed by atoms with Crippen LogP contribution in [-0.4, -0.2) is 22.0 Å². The number of hydrogen-bond donors (Lipinski definition) is 2. The summed E-state index contributed by atoms with van der Waals surface area (Å²) < 4.78 is 0. The second-order valence-electron chi connectivity index (χ2n) is 10.7. The van der Waals surface area contributed by atoms with E-state index in [1.807, 2.05) is 24.3 Å². The number of aliphatic hydroxyl groups excluding tert-OH is 1. The Balaban J connectivity index is 1.86. The number of benzene rings is 2. The van der Waals surface area contributed by atoms with Gasteiger partial charge in [-0.1, -0.05) is 82.6 Å². The summed E-state index contributed by atoms with van der Waals surface area (Å²) in [6.45, 7) is 8.50. The summed E-state index contributed by atoms with van der Waals surface area (Å²) in [4.78, 5) is 24.5. The van der Waals surface area contributed by atoms with E-state index in [1.54, 1.807) is 0 Å². The molecule has 33 heavy (non-hydrogen) atoms. The highest BCUT2D eigenvalue weighted by molar-refractivity contribution is 5.88. The van der Waals surface area contributed by atoms with Gasteiger partial charge in [0, 0.05) is 18.3 Å². The van der Waals surface area contributed by atoms with Crippen LogP contribution in [0.2, 0.25) is 0 Å². The van der Waals surface area contributed by atoms with Gasteiger partial charge in [-0.2, -0.15) is 0 Å². The highest BCUT2D eigenvalue weighted by Crippen LogP contribution is 2.48. The maximum Gasteiger partial charge on any atom is 0.303 e. The van der Waals surface area contributed by atoms with Gasteiger partial charge in [-0.05, 0) is 59.3 Å². The van der Waals surface area contributed by atoms with Crippen LogP contribution in [0.15, 0.2) is 48.5 Å². The number of ketones is 1. The average Bonchev–Trinajstić information content (AvgIpc) is 3.09. The van der Waals surface area contributed by atoms with Crippen LogP contribution >= 0.6 is 0 Å². The van der Waals surface area contributed by atoms with Gasteiger partial charge < -0.3 is 10.2 Å². The molecule has 0 aliphatic heterocycles. The van der Waals surface area contributed by atoms with Crippen molar-refractivity contribution in [2.45, 2.75) is 78.2 Å². The van der Waals surface area contributed by atoms with Crippen LogP contribution < -0.4 is 0 Å². The number of Topliss-reactive ketones (excluding diaryl/α,β-unsaturated/α-hetero) is 1. The van der Waals surface area contributed by atoms with Gasteiger partial charge in [0.25, 0.3) is 0 Å². The third kappa shape index (κ3) is 6.32. The Morgan fingerprint density at radius 1 is 1.09 bits per heavy atom.